The van der Waals surface area contributed by atoms with Gasteiger partial charge in [0.1, 0.15) is 19.3 Å². The maximum absolute atomic E-state index is 13.1. The molecule has 0 fully saturated rings. The molecule has 19 heteroatoms. The van der Waals surface area contributed by atoms with E-state index in [1.807, 2.05) is 0 Å². The zero-order valence-corrected chi connectivity index (χ0v) is 63.2. The fourth-order valence-corrected chi connectivity index (χ4v) is 13.0. The SMILES string of the molecule is CCCCCCCCCCCC(=O)OC[C@H](COP(=O)(O)OC[C@H](O)COP(=O)(O)OC[C@@H](COC(=O)CCCCCCCCCCCCCCCCC(C)C)OC(=O)CCCCCCCCCCCCCCCCCC(C)C)OC(=O)CCCCCCCCC(C)CC. The number of hydrogen-bond donors (Lipinski definition) is 3. The van der Waals surface area contributed by atoms with Crippen molar-refractivity contribution < 1.29 is 80.2 Å². The van der Waals surface area contributed by atoms with Crippen LogP contribution in [0.5, 0.6) is 0 Å². The Morgan fingerprint density at radius 2 is 0.543 bits per heavy atom. The van der Waals surface area contributed by atoms with Gasteiger partial charge in [0, 0.05) is 25.7 Å². The summed E-state index contributed by atoms with van der Waals surface area (Å²) >= 11 is 0. The zero-order chi connectivity index (χ0) is 69.4. The maximum atomic E-state index is 13.1. The molecule has 0 saturated carbocycles. The predicted molar refractivity (Wildman–Crippen MR) is 381 cm³/mol. The highest BCUT2D eigenvalue weighted by molar-refractivity contribution is 7.47. The molecule has 0 aliphatic rings. The number of carbonyl (C=O) groups excluding carboxylic acids is 4. The van der Waals surface area contributed by atoms with Crippen molar-refractivity contribution in [1.29, 1.82) is 0 Å². The minimum atomic E-state index is -4.96. The van der Waals surface area contributed by atoms with Crippen molar-refractivity contribution >= 4 is 39.5 Å². The highest BCUT2D eigenvalue weighted by Crippen LogP contribution is 2.45. The van der Waals surface area contributed by atoms with E-state index in [2.05, 4.69) is 48.5 Å². The summed E-state index contributed by atoms with van der Waals surface area (Å²) < 4.78 is 68.4. The molecule has 0 rings (SSSR count). The first-order valence-corrected chi connectivity index (χ1v) is 41.9. The van der Waals surface area contributed by atoms with Crippen LogP contribution in [0.25, 0.3) is 0 Å². The number of aliphatic hydroxyl groups excluding tert-OH is 1. The molecule has 3 unspecified atom stereocenters. The molecule has 17 nitrogen and oxygen atoms in total. The fraction of sp³-hybridized carbons (Fsp3) is 0.947. The Morgan fingerprint density at radius 1 is 0.309 bits per heavy atom. The number of phosphoric acid groups is 2. The van der Waals surface area contributed by atoms with Gasteiger partial charge in [0.05, 0.1) is 26.4 Å². The van der Waals surface area contributed by atoms with E-state index in [-0.39, 0.29) is 25.7 Å². The van der Waals surface area contributed by atoms with Crippen molar-refractivity contribution in [1.82, 2.24) is 0 Å². The number of hydrogen-bond acceptors (Lipinski definition) is 15. The molecule has 94 heavy (non-hydrogen) atoms. The number of rotatable bonds is 73. The molecule has 0 aromatic rings. The van der Waals surface area contributed by atoms with Crippen molar-refractivity contribution in [3.05, 3.63) is 0 Å². The Hall–Kier alpha value is -1.94. The number of esters is 4. The molecule has 0 aliphatic heterocycles. The molecule has 558 valence electrons. The van der Waals surface area contributed by atoms with Gasteiger partial charge in [-0.2, -0.15) is 0 Å². The molecular formula is C75H146O17P2. The molecule has 3 N–H and O–H groups in total. The van der Waals surface area contributed by atoms with E-state index in [1.165, 1.54) is 193 Å². The third-order valence-corrected chi connectivity index (χ3v) is 19.6. The van der Waals surface area contributed by atoms with E-state index < -0.39 is 97.5 Å². The molecule has 0 radical (unpaired) electrons. The molecule has 0 saturated heterocycles. The van der Waals surface area contributed by atoms with Gasteiger partial charge in [0.15, 0.2) is 12.2 Å². The lowest BCUT2D eigenvalue weighted by atomic mass is 10.00. The monoisotopic (exact) mass is 1380 g/mol. The summed E-state index contributed by atoms with van der Waals surface area (Å²) in [5.41, 5.74) is 0. The van der Waals surface area contributed by atoms with Crippen LogP contribution in [0.15, 0.2) is 0 Å². The molecule has 0 heterocycles. The number of ether oxygens (including phenoxy) is 4. The predicted octanol–water partition coefficient (Wildman–Crippen LogP) is 21.8. The van der Waals surface area contributed by atoms with Gasteiger partial charge in [-0.25, -0.2) is 9.13 Å². The van der Waals surface area contributed by atoms with Crippen LogP contribution in [0, 0.1) is 17.8 Å². The summed E-state index contributed by atoms with van der Waals surface area (Å²) in [7, 11) is -9.91. The first-order valence-electron chi connectivity index (χ1n) is 38.9. The smallest absolute Gasteiger partial charge is 0.462 e. The topological polar surface area (TPSA) is 237 Å². The molecular weight excluding hydrogens is 1230 g/mol. The molecule has 0 spiro atoms. The van der Waals surface area contributed by atoms with Crippen molar-refractivity contribution in [2.24, 2.45) is 17.8 Å². The zero-order valence-electron chi connectivity index (χ0n) is 61.4. The molecule has 0 bridgehead atoms. The van der Waals surface area contributed by atoms with Crippen LogP contribution in [0.4, 0.5) is 0 Å². The largest absolute Gasteiger partial charge is 0.472 e. The van der Waals surface area contributed by atoms with Gasteiger partial charge in [-0.05, 0) is 43.4 Å². The molecule has 0 aromatic heterocycles. The quantitative estimate of drug-likeness (QED) is 0.0222. The van der Waals surface area contributed by atoms with Crippen LogP contribution in [0.2, 0.25) is 0 Å². The van der Waals surface area contributed by atoms with Crippen molar-refractivity contribution in [3.8, 4) is 0 Å². The average molecular weight is 1380 g/mol. The van der Waals surface area contributed by atoms with Gasteiger partial charge in [-0.1, -0.05) is 331 Å². The van der Waals surface area contributed by atoms with Crippen molar-refractivity contribution in [2.45, 2.75) is 401 Å². The summed E-state index contributed by atoms with van der Waals surface area (Å²) in [6.45, 7) is 11.9. The van der Waals surface area contributed by atoms with E-state index in [4.69, 9.17) is 37.0 Å². The summed E-state index contributed by atoms with van der Waals surface area (Å²) in [5.74, 6) is 0.199. The normalized spacial score (nSPS) is 14.4. The van der Waals surface area contributed by atoms with Crippen molar-refractivity contribution in [3.63, 3.8) is 0 Å². The Bertz CT molecular complexity index is 1840. The van der Waals surface area contributed by atoms with Gasteiger partial charge in [-0.15, -0.1) is 0 Å². The van der Waals surface area contributed by atoms with E-state index in [0.717, 1.165) is 108 Å². The van der Waals surface area contributed by atoms with Gasteiger partial charge in [0.2, 0.25) is 0 Å². The summed E-state index contributed by atoms with van der Waals surface area (Å²) in [6, 6.07) is 0. The average Bonchev–Trinajstić information content (AvgIpc) is 1.60. The number of phosphoric ester groups is 2. The third kappa shape index (κ3) is 67.3. The maximum Gasteiger partial charge on any atom is 0.472 e. The Kier molecular flexibility index (Phi) is 64.3. The fourth-order valence-electron chi connectivity index (χ4n) is 11.4. The first-order chi connectivity index (χ1) is 45.3. The van der Waals surface area contributed by atoms with Gasteiger partial charge < -0.3 is 33.8 Å². The Labute approximate surface area is 575 Å². The molecule has 0 amide bonds. The van der Waals surface area contributed by atoms with Crippen LogP contribution in [-0.4, -0.2) is 96.7 Å². The van der Waals surface area contributed by atoms with Crippen LogP contribution in [0.1, 0.15) is 382 Å². The van der Waals surface area contributed by atoms with Gasteiger partial charge in [-0.3, -0.25) is 37.3 Å². The third-order valence-electron chi connectivity index (χ3n) is 17.7. The standard InChI is InChI=1S/C75H146O17P2/c1-8-10-11-12-13-27-34-42-49-56-72(77)85-63-71(92-75(80)59-52-45-38-37-41-48-55-68(7)9-2)65-90-94(83,84)88-61-69(76)60-87-93(81,82)89-64-70(62-86-73(78)57-50-43-35-30-25-21-18-17-20-24-29-33-40-47-54-67(5)6)91-74(79)58-51-44-36-31-26-22-16-14-15-19-23-28-32-39-46-53-66(3)4/h66-71,76H,8-65H2,1-7H3,(H,81,82)(H,83,84)/t68?,69-,70-,71-/m1/s1. The second-order valence-electron chi connectivity index (χ2n) is 28.2. The molecule has 0 aromatic carbocycles. The van der Waals surface area contributed by atoms with Crippen LogP contribution < -0.4 is 0 Å². The second-order valence-corrected chi connectivity index (χ2v) is 31.1. The lowest BCUT2D eigenvalue weighted by molar-refractivity contribution is -0.161. The minimum Gasteiger partial charge on any atom is -0.462 e. The first kappa shape index (κ1) is 92.1. The lowest BCUT2D eigenvalue weighted by Crippen LogP contribution is -2.30. The van der Waals surface area contributed by atoms with E-state index in [1.54, 1.807) is 0 Å². The Balaban J connectivity index is 5.22. The summed E-state index contributed by atoms with van der Waals surface area (Å²) in [4.78, 5) is 72.7. The highest BCUT2D eigenvalue weighted by Gasteiger charge is 2.30. The van der Waals surface area contributed by atoms with E-state index >= 15 is 0 Å². The van der Waals surface area contributed by atoms with Gasteiger partial charge in [0.25, 0.3) is 0 Å². The lowest BCUT2D eigenvalue weighted by Gasteiger charge is -2.21. The van der Waals surface area contributed by atoms with Crippen molar-refractivity contribution in [2.75, 3.05) is 39.6 Å². The van der Waals surface area contributed by atoms with E-state index in [0.29, 0.717) is 25.7 Å². The molecule has 0 aliphatic carbocycles. The van der Waals surface area contributed by atoms with Crippen LogP contribution >= 0.6 is 15.6 Å². The Morgan fingerprint density at radius 3 is 0.809 bits per heavy atom. The summed E-state index contributed by atoms with van der Waals surface area (Å²) in [5, 5.41) is 10.6. The second kappa shape index (κ2) is 65.7. The van der Waals surface area contributed by atoms with E-state index in [9.17, 15) is 43.2 Å². The minimum absolute atomic E-state index is 0.103. The highest BCUT2D eigenvalue weighted by atomic mass is 31.2. The van der Waals surface area contributed by atoms with Crippen LogP contribution in [0.3, 0.4) is 0 Å². The summed E-state index contributed by atoms with van der Waals surface area (Å²) in [6.07, 6.45) is 51.4. The number of carbonyl (C=O) groups is 4. The number of unbranched alkanes of at least 4 members (excludes halogenated alkanes) is 40. The molecule has 6 atom stereocenters. The van der Waals surface area contributed by atoms with Gasteiger partial charge >= 0.3 is 39.5 Å². The number of aliphatic hydroxyl groups is 1. The van der Waals surface area contributed by atoms with Crippen LogP contribution in [-0.2, 0) is 65.4 Å².